The minimum Gasteiger partial charge on any atom is -0.445 e. The zero-order valence-corrected chi connectivity index (χ0v) is 18.9. The molecule has 0 radical (unpaired) electrons. The van der Waals surface area contributed by atoms with Crippen molar-refractivity contribution in [3.63, 3.8) is 0 Å². The summed E-state index contributed by atoms with van der Waals surface area (Å²) in [4.78, 5) is 25.4. The summed E-state index contributed by atoms with van der Waals surface area (Å²) in [6, 6.07) is 24.5. The van der Waals surface area contributed by atoms with Crippen molar-refractivity contribution in [2.45, 2.75) is 38.8 Å². The highest BCUT2D eigenvalue weighted by Gasteiger charge is 2.21. The Morgan fingerprint density at radius 1 is 0.939 bits per heavy atom. The van der Waals surface area contributed by atoms with Crippen LogP contribution in [0.2, 0.25) is 0 Å². The summed E-state index contributed by atoms with van der Waals surface area (Å²) in [7, 11) is 0. The van der Waals surface area contributed by atoms with Crippen LogP contribution >= 0.6 is 0 Å². The molecule has 3 aromatic carbocycles. The quantitative estimate of drug-likeness (QED) is 0.382. The van der Waals surface area contributed by atoms with Crippen LogP contribution < -0.4 is 16.4 Å². The van der Waals surface area contributed by atoms with Crippen molar-refractivity contribution in [3.05, 3.63) is 90.0 Å². The van der Waals surface area contributed by atoms with E-state index in [1.807, 2.05) is 85.8 Å². The maximum absolute atomic E-state index is 13.0. The molecule has 172 valence electrons. The summed E-state index contributed by atoms with van der Waals surface area (Å²) >= 11 is 0. The highest BCUT2D eigenvalue weighted by Crippen LogP contribution is 2.26. The number of rotatable bonds is 10. The fraction of sp³-hybridized carbons (Fsp3) is 0.259. The Morgan fingerprint density at radius 3 is 2.33 bits per heavy atom. The maximum atomic E-state index is 13.0. The van der Waals surface area contributed by atoms with Crippen molar-refractivity contribution in [2.24, 2.45) is 5.73 Å². The van der Waals surface area contributed by atoms with E-state index in [0.29, 0.717) is 18.7 Å². The van der Waals surface area contributed by atoms with Crippen LogP contribution in [-0.2, 0) is 16.1 Å². The Balaban J connectivity index is 1.66. The molecule has 2 amide bonds. The van der Waals surface area contributed by atoms with Crippen LogP contribution in [0.15, 0.2) is 78.9 Å². The molecule has 0 heterocycles. The molecule has 0 saturated heterocycles. The van der Waals surface area contributed by atoms with Crippen LogP contribution in [-0.4, -0.2) is 24.6 Å². The molecule has 0 fully saturated rings. The number of nitrogens with one attached hydrogen (secondary N) is 2. The lowest BCUT2D eigenvalue weighted by Crippen LogP contribution is -2.44. The normalized spacial score (nSPS) is 11.5. The van der Waals surface area contributed by atoms with Gasteiger partial charge in [0.2, 0.25) is 5.91 Å². The second-order valence-corrected chi connectivity index (χ2v) is 7.93. The van der Waals surface area contributed by atoms with Gasteiger partial charge in [-0.3, -0.25) is 4.79 Å². The largest absolute Gasteiger partial charge is 0.445 e. The van der Waals surface area contributed by atoms with Gasteiger partial charge in [-0.25, -0.2) is 4.79 Å². The lowest BCUT2D eigenvalue weighted by Gasteiger charge is -2.19. The third-order valence-electron chi connectivity index (χ3n) is 5.36. The minimum atomic E-state index is -0.721. The molecule has 0 aliphatic heterocycles. The number of carbonyl (C=O) groups excluding carboxylic acids is 2. The predicted octanol–water partition coefficient (Wildman–Crippen LogP) is 5.02. The molecule has 3 rings (SSSR count). The number of ether oxygens (including phenoxy) is 1. The molecule has 3 aromatic rings. The molecular weight excluding hydrogens is 414 g/mol. The van der Waals surface area contributed by atoms with E-state index >= 15 is 0 Å². The first kappa shape index (κ1) is 24.0. The number of hydrogen-bond donors (Lipinski definition) is 3. The summed E-state index contributed by atoms with van der Waals surface area (Å²) in [6.07, 6.45) is 1.34. The van der Waals surface area contributed by atoms with E-state index in [1.54, 1.807) is 0 Å². The Labute approximate surface area is 195 Å². The van der Waals surface area contributed by atoms with Crippen LogP contribution in [0.4, 0.5) is 10.5 Å². The number of aryl methyl sites for hydroxylation is 1. The topological polar surface area (TPSA) is 93.5 Å². The van der Waals surface area contributed by atoms with Crippen molar-refractivity contribution in [1.29, 1.82) is 0 Å². The van der Waals surface area contributed by atoms with Gasteiger partial charge in [-0.2, -0.15) is 0 Å². The highest BCUT2D eigenvalue weighted by molar-refractivity contribution is 5.97. The number of hydrogen-bond acceptors (Lipinski definition) is 4. The molecule has 33 heavy (non-hydrogen) atoms. The third kappa shape index (κ3) is 7.47. The number of anilines is 1. The average molecular weight is 446 g/mol. The van der Waals surface area contributed by atoms with Crippen LogP contribution in [0, 0.1) is 6.92 Å². The molecule has 4 N–H and O–H groups in total. The summed E-state index contributed by atoms with van der Waals surface area (Å²) in [6.45, 7) is 2.71. The Morgan fingerprint density at radius 2 is 1.64 bits per heavy atom. The van der Waals surface area contributed by atoms with Crippen LogP contribution in [0.1, 0.15) is 30.4 Å². The van der Waals surface area contributed by atoms with Gasteiger partial charge in [-0.05, 0) is 67.1 Å². The standard InChI is InChI=1S/C27H31N3O3/c1-20-15-16-23(18-24(20)22-12-6-3-7-13-22)29-26(31)25(14-8-9-17-28)30-27(32)33-19-21-10-4-2-5-11-21/h2-7,10-13,15-16,18,25H,8-9,14,17,19,28H2,1H3,(H,29,31)(H,30,32)/t25-/m0/s1. The number of unbranched alkanes of at least 4 members (excludes halogenated alkanes) is 1. The Kier molecular flexibility index (Phi) is 9.03. The van der Waals surface area contributed by atoms with E-state index in [0.717, 1.165) is 35.1 Å². The second-order valence-electron chi connectivity index (χ2n) is 7.93. The molecular formula is C27H31N3O3. The Hall–Kier alpha value is -3.64. The van der Waals surface area contributed by atoms with Gasteiger partial charge in [0.25, 0.3) is 0 Å². The Bertz CT molecular complexity index is 1040. The molecule has 6 nitrogen and oxygen atoms in total. The van der Waals surface area contributed by atoms with Crippen molar-refractivity contribution in [2.75, 3.05) is 11.9 Å². The van der Waals surface area contributed by atoms with E-state index in [2.05, 4.69) is 10.6 Å². The molecule has 0 bridgehead atoms. The van der Waals surface area contributed by atoms with E-state index in [-0.39, 0.29) is 12.5 Å². The summed E-state index contributed by atoms with van der Waals surface area (Å²) < 4.78 is 5.30. The third-order valence-corrected chi connectivity index (χ3v) is 5.36. The molecule has 0 spiro atoms. The van der Waals surface area contributed by atoms with Gasteiger partial charge in [0.15, 0.2) is 0 Å². The zero-order valence-electron chi connectivity index (χ0n) is 18.9. The monoisotopic (exact) mass is 445 g/mol. The predicted molar refractivity (Wildman–Crippen MR) is 132 cm³/mol. The fourth-order valence-electron chi connectivity index (χ4n) is 3.53. The van der Waals surface area contributed by atoms with Crippen LogP contribution in [0.5, 0.6) is 0 Å². The molecule has 0 aliphatic carbocycles. The van der Waals surface area contributed by atoms with Gasteiger partial charge in [0, 0.05) is 5.69 Å². The van der Waals surface area contributed by atoms with E-state index in [9.17, 15) is 9.59 Å². The smallest absolute Gasteiger partial charge is 0.408 e. The van der Waals surface area contributed by atoms with Crippen LogP contribution in [0.3, 0.4) is 0 Å². The number of benzene rings is 3. The molecule has 0 saturated carbocycles. The van der Waals surface area contributed by atoms with Gasteiger partial charge >= 0.3 is 6.09 Å². The summed E-state index contributed by atoms with van der Waals surface area (Å²) in [5.41, 5.74) is 10.4. The highest BCUT2D eigenvalue weighted by atomic mass is 16.5. The van der Waals surface area contributed by atoms with Crippen molar-refractivity contribution < 1.29 is 14.3 Å². The second kappa shape index (κ2) is 12.4. The molecule has 0 aliphatic rings. The van der Waals surface area contributed by atoms with Crippen molar-refractivity contribution in [1.82, 2.24) is 5.32 Å². The summed E-state index contributed by atoms with van der Waals surface area (Å²) in [5, 5.41) is 5.65. The molecule has 0 aromatic heterocycles. The van der Waals surface area contributed by atoms with Gasteiger partial charge in [-0.15, -0.1) is 0 Å². The van der Waals surface area contributed by atoms with Crippen molar-refractivity contribution >= 4 is 17.7 Å². The molecule has 0 unspecified atom stereocenters. The maximum Gasteiger partial charge on any atom is 0.408 e. The number of amides is 2. The number of carbonyl (C=O) groups is 2. The van der Waals surface area contributed by atoms with E-state index in [1.165, 1.54) is 0 Å². The zero-order chi connectivity index (χ0) is 23.5. The first-order valence-electron chi connectivity index (χ1n) is 11.2. The SMILES string of the molecule is Cc1ccc(NC(=O)[C@H](CCCCN)NC(=O)OCc2ccccc2)cc1-c1ccccc1. The lowest BCUT2D eigenvalue weighted by molar-refractivity contribution is -0.118. The first-order chi connectivity index (χ1) is 16.1. The summed E-state index contributed by atoms with van der Waals surface area (Å²) in [5.74, 6) is -0.286. The number of nitrogens with two attached hydrogens (primary N) is 1. The minimum absolute atomic E-state index is 0.141. The lowest BCUT2D eigenvalue weighted by atomic mass is 10.00. The molecule has 6 heteroatoms. The van der Waals surface area contributed by atoms with Crippen LogP contribution in [0.25, 0.3) is 11.1 Å². The molecule has 1 atom stereocenters. The van der Waals surface area contributed by atoms with Crippen molar-refractivity contribution in [3.8, 4) is 11.1 Å². The van der Waals surface area contributed by atoms with Gasteiger partial charge in [0.05, 0.1) is 0 Å². The van der Waals surface area contributed by atoms with Gasteiger partial charge in [0.1, 0.15) is 12.6 Å². The van der Waals surface area contributed by atoms with E-state index in [4.69, 9.17) is 10.5 Å². The fourth-order valence-corrected chi connectivity index (χ4v) is 3.53. The van der Waals surface area contributed by atoms with Gasteiger partial charge < -0.3 is 21.1 Å². The van der Waals surface area contributed by atoms with E-state index < -0.39 is 12.1 Å². The number of alkyl carbamates (subject to hydrolysis) is 1. The average Bonchev–Trinajstić information content (AvgIpc) is 2.84. The van der Waals surface area contributed by atoms with Gasteiger partial charge in [-0.1, -0.05) is 66.7 Å². The first-order valence-corrected chi connectivity index (χ1v) is 11.2.